The van der Waals surface area contributed by atoms with Crippen LogP contribution in [0.2, 0.25) is 0 Å². The average molecular weight is 181 g/mol. The van der Waals surface area contributed by atoms with Gasteiger partial charge in [-0.25, -0.2) is 0 Å². The molecule has 0 N–H and O–H groups in total. The fourth-order valence-corrected chi connectivity index (χ4v) is 0.899. The molecule has 0 spiro atoms. The van der Waals surface area contributed by atoms with Gasteiger partial charge in [0.2, 0.25) is 0 Å². The standard InChI is InChI=1S/C10H13N.CH3F/c1-8(2)9(3)10-4-6-11-7-5-10;1-2/h4-8H,3H2,1-2H3;1H3. The summed E-state index contributed by atoms with van der Waals surface area (Å²) in [6.07, 6.45) is 3.59. The molecule has 0 bridgehead atoms. The fraction of sp³-hybridized carbons (Fsp3) is 0.364. The van der Waals surface area contributed by atoms with E-state index < -0.39 is 0 Å². The Morgan fingerprint density at radius 3 is 2.15 bits per heavy atom. The van der Waals surface area contributed by atoms with E-state index in [1.807, 2.05) is 12.1 Å². The van der Waals surface area contributed by atoms with E-state index in [9.17, 15) is 4.39 Å². The molecule has 0 radical (unpaired) electrons. The highest BCUT2D eigenvalue weighted by atomic mass is 19.1. The lowest BCUT2D eigenvalue weighted by Crippen LogP contribution is -1.91. The monoisotopic (exact) mass is 181 g/mol. The molecule has 0 aliphatic rings. The Balaban J connectivity index is 0.000000671. The molecule has 0 saturated carbocycles. The third-order valence-electron chi connectivity index (χ3n) is 1.75. The van der Waals surface area contributed by atoms with E-state index in [0.717, 1.165) is 0 Å². The lowest BCUT2D eigenvalue weighted by atomic mass is 9.98. The molecule has 0 aromatic carbocycles. The van der Waals surface area contributed by atoms with Gasteiger partial charge >= 0.3 is 0 Å². The first-order chi connectivity index (χ1) is 6.22. The average Bonchev–Trinajstić information content (AvgIpc) is 2.21. The normalized spacial score (nSPS) is 9.00. The van der Waals surface area contributed by atoms with Crippen LogP contribution in [0.4, 0.5) is 4.39 Å². The summed E-state index contributed by atoms with van der Waals surface area (Å²) < 4.78 is 9.50. The molecule has 0 aliphatic heterocycles. The highest BCUT2D eigenvalue weighted by molar-refractivity contribution is 5.63. The molecular weight excluding hydrogens is 165 g/mol. The van der Waals surface area contributed by atoms with Gasteiger partial charge in [-0.2, -0.15) is 0 Å². The van der Waals surface area contributed by atoms with Crippen LogP contribution in [0, 0.1) is 5.92 Å². The van der Waals surface area contributed by atoms with Crippen LogP contribution in [0.1, 0.15) is 19.4 Å². The van der Waals surface area contributed by atoms with Crippen LogP contribution in [0.15, 0.2) is 31.1 Å². The summed E-state index contributed by atoms with van der Waals surface area (Å²) in [6, 6.07) is 3.98. The number of hydrogen-bond donors (Lipinski definition) is 0. The summed E-state index contributed by atoms with van der Waals surface area (Å²) in [7, 11) is 0.500. The van der Waals surface area contributed by atoms with Crippen LogP contribution < -0.4 is 0 Å². The summed E-state index contributed by atoms with van der Waals surface area (Å²) >= 11 is 0. The van der Waals surface area contributed by atoms with Gasteiger partial charge in [0, 0.05) is 12.4 Å². The Bertz CT molecular complexity index is 242. The van der Waals surface area contributed by atoms with Gasteiger partial charge in [0.1, 0.15) is 0 Å². The van der Waals surface area contributed by atoms with Crippen molar-refractivity contribution < 1.29 is 4.39 Å². The maximum atomic E-state index is 9.50. The number of halogens is 1. The van der Waals surface area contributed by atoms with Gasteiger partial charge in [0.25, 0.3) is 0 Å². The molecule has 1 heterocycles. The minimum Gasteiger partial charge on any atom is -0.265 e. The smallest absolute Gasteiger partial charge is 0.0785 e. The van der Waals surface area contributed by atoms with Gasteiger partial charge < -0.3 is 0 Å². The van der Waals surface area contributed by atoms with Crippen molar-refractivity contribution in [3.8, 4) is 0 Å². The number of pyridine rings is 1. The van der Waals surface area contributed by atoms with E-state index >= 15 is 0 Å². The highest BCUT2D eigenvalue weighted by Gasteiger charge is 2.01. The van der Waals surface area contributed by atoms with Crippen molar-refractivity contribution in [1.29, 1.82) is 0 Å². The Hall–Kier alpha value is -1.18. The SMILES string of the molecule is C=C(c1ccncc1)C(C)C.CF. The molecule has 0 amide bonds. The zero-order valence-corrected chi connectivity index (χ0v) is 8.42. The van der Waals surface area contributed by atoms with E-state index in [4.69, 9.17) is 0 Å². The second-order valence-electron chi connectivity index (χ2n) is 2.92. The zero-order valence-electron chi connectivity index (χ0n) is 8.42. The van der Waals surface area contributed by atoms with E-state index in [2.05, 4.69) is 25.4 Å². The Morgan fingerprint density at radius 2 is 1.77 bits per heavy atom. The summed E-state index contributed by atoms with van der Waals surface area (Å²) in [6.45, 7) is 8.28. The van der Waals surface area contributed by atoms with Gasteiger partial charge in [-0.05, 0) is 29.2 Å². The number of nitrogens with zero attached hydrogens (tertiary/aromatic N) is 1. The third-order valence-corrected chi connectivity index (χ3v) is 1.75. The molecule has 0 saturated heterocycles. The molecule has 0 unspecified atom stereocenters. The minimum absolute atomic E-state index is 0.500. The molecule has 13 heavy (non-hydrogen) atoms. The number of aromatic nitrogens is 1. The van der Waals surface area contributed by atoms with Crippen LogP contribution in [-0.4, -0.2) is 12.2 Å². The zero-order chi connectivity index (χ0) is 10.3. The van der Waals surface area contributed by atoms with Crippen molar-refractivity contribution in [3.63, 3.8) is 0 Å². The number of rotatable bonds is 2. The lowest BCUT2D eigenvalue weighted by Gasteiger charge is -2.07. The van der Waals surface area contributed by atoms with Crippen molar-refractivity contribution in [2.45, 2.75) is 13.8 Å². The molecule has 0 fully saturated rings. The van der Waals surface area contributed by atoms with E-state index in [-0.39, 0.29) is 0 Å². The molecular formula is C11H16FN. The fourth-order valence-electron chi connectivity index (χ4n) is 0.899. The van der Waals surface area contributed by atoms with Gasteiger partial charge in [-0.3, -0.25) is 9.37 Å². The maximum absolute atomic E-state index is 9.50. The maximum Gasteiger partial charge on any atom is 0.0785 e. The van der Waals surface area contributed by atoms with Crippen LogP contribution in [0.3, 0.4) is 0 Å². The van der Waals surface area contributed by atoms with Gasteiger partial charge in [0.05, 0.1) is 7.18 Å². The topological polar surface area (TPSA) is 12.9 Å². The van der Waals surface area contributed by atoms with Gasteiger partial charge in [0.15, 0.2) is 0 Å². The number of alkyl halides is 1. The van der Waals surface area contributed by atoms with Crippen LogP contribution >= 0.6 is 0 Å². The summed E-state index contributed by atoms with van der Waals surface area (Å²) in [5.41, 5.74) is 2.36. The lowest BCUT2D eigenvalue weighted by molar-refractivity contribution is 0.636. The molecule has 0 atom stereocenters. The van der Waals surface area contributed by atoms with E-state index in [0.29, 0.717) is 13.1 Å². The minimum atomic E-state index is 0.500. The van der Waals surface area contributed by atoms with Crippen molar-refractivity contribution in [1.82, 2.24) is 4.98 Å². The van der Waals surface area contributed by atoms with Crippen molar-refractivity contribution in [3.05, 3.63) is 36.7 Å². The molecule has 1 aromatic heterocycles. The van der Waals surface area contributed by atoms with E-state index in [1.54, 1.807) is 12.4 Å². The van der Waals surface area contributed by atoms with Crippen LogP contribution in [0.25, 0.3) is 5.57 Å². The molecule has 72 valence electrons. The summed E-state index contributed by atoms with van der Waals surface area (Å²) in [5.74, 6) is 0.511. The van der Waals surface area contributed by atoms with Crippen LogP contribution in [-0.2, 0) is 0 Å². The predicted octanol–water partition coefficient (Wildman–Crippen LogP) is 3.34. The number of hydrogen-bond acceptors (Lipinski definition) is 1. The van der Waals surface area contributed by atoms with Crippen LogP contribution in [0.5, 0.6) is 0 Å². The van der Waals surface area contributed by atoms with Crippen molar-refractivity contribution in [2.24, 2.45) is 5.92 Å². The second kappa shape index (κ2) is 6.35. The second-order valence-corrected chi connectivity index (χ2v) is 2.92. The van der Waals surface area contributed by atoms with Crippen molar-refractivity contribution in [2.75, 3.05) is 7.18 Å². The Labute approximate surface area is 79.3 Å². The predicted molar refractivity (Wildman–Crippen MR) is 55.1 cm³/mol. The van der Waals surface area contributed by atoms with Crippen molar-refractivity contribution >= 4 is 5.57 Å². The molecule has 1 nitrogen and oxygen atoms in total. The third kappa shape index (κ3) is 3.83. The first-order valence-electron chi connectivity index (χ1n) is 4.19. The first kappa shape index (κ1) is 11.8. The molecule has 2 heteroatoms. The Kier molecular flexibility index (Phi) is 5.77. The van der Waals surface area contributed by atoms with E-state index in [1.165, 1.54) is 11.1 Å². The number of allylic oxidation sites excluding steroid dienone is 1. The molecule has 0 aliphatic carbocycles. The quantitative estimate of drug-likeness (QED) is 0.682. The largest absolute Gasteiger partial charge is 0.265 e. The highest BCUT2D eigenvalue weighted by Crippen LogP contribution is 2.19. The van der Waals surface area contributed by atoms with Gasteiger partial charge in [-0.1, -0.05) is 20.4 Å². The summed E-state index contributed by atoms with van der Waals surface area (Å²) in [4.78, 5) is 3.95. The molecule has 1 rings (SSSR count). The van der Waals surface area contributed by atoms with Gasteiger partial charge in [-0.15, -0.1) is 0 Å². The first-order valence-corrected chi connectivity index (χ1v) is 4.19. The molecule has 1 aromatic rings. The Morgan fingerprint density at radius 1 is 1.31 bits per heavy atom. The summed E-state index contributed by atoms with van der Waals surface area (Å²) in [5, 5.41) is 0.